The van der Waals surface area contributed by atoms with Gasteiger partial charge < -0.3 is 23.7 Å². The number of nitrogens with zero attached hydrogens (tertiary/aromatic N) is 4. The summed E-state index contributed by atoms with van der Waals surface area (Å²) in [6, 6.07) is 27.1. The Morgan fingerprint density at radius 2 is 1.71 bits per heavy atom. The molecular formula is C37H40N4O4. The average molecular weight is 605 g/mol. The Labute approximate surface area is 263 Å². The van der Waals surface area contributed by atoms with Gasteiger partial charge in [-0.3, -0.25) is 4.79 Å². The number of morpholine rings is 1. The highest BCUT2D eigenvalue weighted by molar-refractivity contribution is 5.80. The minimum atomic E-state index is -0.531. The van der Waals surface area contributed by atoms with Gasteiger partial charge in [0.2, 0.25) is 0 Å². The van der Waals surface area contributed by atoms with E-state index in [2.05, 4.69) is 51.9 Å². The van der Waals surface area contributed by atoms with Crippen molar-refractivity contribution >= 4 is 33.6 Å². The molecule has 2 aliphatic rings. The van der Waals surface area contributed by atoms with Crippen molar-refractivity contribution in [1.82, 2.24) is 14.5 Å². The Morgan fingerprint density at radius 1 is 0.911 bits per heavy atom. The van der Waals surface area contributed by atoms with Crippen molar-refractivity contribution in [3.63, 3.8) is 0 Å². The van der Waals surface area contributed by atoms with E-state index in [-0.39, 0.29) is 5.97 Å². The van der Waals surface area contributed by atoms with E-state index in [9.17, 15) is 4.79 Å². The Kier molecular flexibility index (Phi) is 8.39. The summed E-state index contributed by atoms with van der Waals surface area (Å²) in [5.74, 6) is 1.55. The van der Waals surface area contributed by atoms with Crippen LogP contribution in [0.25, 0.3) is 21.9 Å². The van der Waals surface area contributed by atoms with E-state index in [1.165, 1.54) is 11.3 Å². The SMILES string of the molecule is CCOC(=O)C1(Cc2nc3cc(OCc4ccc5ccccc5n4)ccc3n2Cc2ccc(N3CCOCC3)cc2)CCCC1. The molecule has 232 valence electrons. The Morgan fingerprint density at radius 3 is 2.51 bits per heavy atom. The fourth-order valence-electron chi connectivity index (χ4n) is 6.81. The summed E-state index contributed by atoms with van der Waals surface area (Å²) >= 11 is 0. The van der Waals surface area contributed by atoms with E-state index in [1.54, 1.807) is 0 Å². The van der Waals surface area contributed by atoms with Gasteiger partial charge in [-0.25, -0.2) is 9.97 Å². The van der Waals surface area contributed by atoms with Crippen LogP contribution in [0.4, 0.5) is 5.69 Å². The van der Waals surface area contributed by atoms with Crippen LogP contribution in [-0.2, 0) is 33.8 Å². The first-order valence-electron chi connectivity index (χ1n) is 16.2. The van der Waals surface area contributed by atoms with Crippen LogP contribution in [0.1, 0.15) is 49.7 Å². The second-order valence-electron chi connectivity index (χ2n) is 12.2. The number of carbonyl (C=O) groups is 1. The molecule has 1 aliphatic heterocycles. The quantitative estimate of drug-likeness (QED) is 0.164. The van der Waals surface area contributed by atoms with E-state index >= 15 is 0 Å². The average Bonchev–Trinajstić information content (AvgIpc) is 3.69. The summed E-state index contributed by atoms with van der Waals surface area (Å²) in [5.41, 5.74) is 5.58. The third kappa shape index (κ3) is 6.25. The van der Waals surface area contributed by atoms with Crippen molar-refractivity contribution in [2.45, 2.75) is 52.2 Å². The number of benzene rings is 3. The van der Waals surface area contributed by atoms with Crippen LogP contribution in [0.2, 0.25) is 0 Å². The van der Waals surface area contributed by atoms with E-state index in [0.29, 0.717) is 26.2 Å². The van der Waals surface area contributed by atoms with E-state index in [1.807, 2.05) is 43.3 Å². The summed E-state index contributed by atoms with van der Waals surface area (Å²) in [7, 11) is 0. The Balaban J connectivity index is 1.18. The van der Waals surface area contributed by atoms with E-state index in [4.69, 9.17) is 24.2 Å². The lowest BCUT2D eigenvalue weighted by molar-refractivity contribution is -0.155. The zero-order valence-corrected chi connectivity index (χ0v) is 25.9. The fraction of sp³-hybridized carbons (Fsp3) is 0.378. The zero-order chi connectivity index (χ0) is 30.6. The van der Waals surface area contributed by atoms with Crippen LogP contribution in [0.5, 0.6) is 5.75 Å². The van der Waals surface area contributed by atoms with Gasteiger partial charge in [0.1, 0.15) is 18.2 Å². The number of aromatic nitrogens is 3. The molecule has 1 saturated carbocycles. The second kappa shape index (κ2) is 12.9. The largest absolute Gasteiger partial charge is 0.487 e. The zero-order valence-electron chi connectivity index (χ0n) is 25.9. The van der Waals surface area contributed by atoms with Gasteiger partial charge in [-0.05, 0) is 61.7 Å². The van der Waals surface area contributed by atoms with Gasteiger partial charge in [0.25, 0.3) is 0 Å². The monoisotopic (exact) mass is 604 g/mol. The summed E-state index contributed by atoms with van der Waals surface area (Å²) in [6.07, 6.45) is 4.28. The molecule has 2 aromatic heterocycles. The number of ether oxygens (including phenoxy) is 3. The van der Waals surface area contributed by atoms with Crippen molar-refractivity contribution in [2.75, 3.05) is 37.8 Å². The summed E-state index contributed by atoms with van der Waals surface area (Å²) in [6.45, 7) is 6.64. The standard InChI is InChI=1S/C37H40N4O4/c1-2-44-36(42)37(17-5-6-18-37)24-35-39-33-23-31(45-26-29-12-11-28-7-3-4-8-32(28)38-29)15-16-34(33)41(35)25-27-9-13-30(14-10-27)40-19-21-43-22-20-40/h3-4,7-16,23H,2,5-6,17-22,24-26H2,1H3. The third-order valence-corrected chi connectivity index (χ3v) is 9.26. The molecule has 2 fully saturated rings. The molecule has 1 saturated heterocycles. The normalized spacial score (nSPS) is 16.3. The van der Waals surface area contributed by atoms with Crippen molar-refractivity contribution in [3.05, 3.63) is 95.9 Å². The number of rotatable bonds is 10. The van der Waals surface area contributed by atoms with Crippen LogP contribution in [0.15, 0.2) is 78.9 Å². The molecule has 3 aromatic carbocycles. The van der Waals surface area contributed by atoms with Gasteiger partial charge in [-0.15, -0.1) is 0 Å². The number of carbonyl (C=O) groups excluding carboxylic acids is 1. The highest BCUT2D eigenvalue weighted by Gasteiger charge is 2.43. The molecule has 5 aromatic rings. The lowest BCUT2D eigenvalue weighted by Gasteiger charge is -2.29. The minimum Gasteiger partial charge on any atom is -0.487 e. The molecular weight excluding hydrogens is 564 g/mol. The molecule has 0 bridgehead atoms. The molecule has 8 heteroatoms. The van der Waals surface area contributed by atoms with Crippen LogP contribution in [0, 0.1) is 5.41 Å². The molecule has 8 nitrogen and oxygen atoms in total. The van der Waals surface area contributed by atoms with Gasteiger partial charge >= 0.3 is 5.97 Å². The predicted octanol–water partition coefficient (Wildman–Crippen LogP) is 6.71. The number of hydrogen-bond acceptors (Lipinski definition) is 7. The molecule has 45 heavy (non-hydrogen) atoms. The van der Waals surface area contributed by atoms with Crippen molar-refractivity contribution in [1.29, 1.82) is 0 Å². The first kappa shape index (κ1) is 29.3. The lowest BCUT2D eigenvalue weighted by atomic mass is 9.82. The number of hydrogen-bond donors (Lipinski definition) is 0. The second-order valence-corrected chi connectivity index (χ2v) is 12.2. The van der Waals surface area contributed by atoms with Crippen molar-refractivity contribution in [3.8, 4) is 5.75 Å². The Hall–Kier alpha value is -4.43. The van der Waals surface area contributed by atoms with Crippen molar-refractivity contribution in [2.24, 2.45) is 5.41 Å². The molecule has 0 amide bonds. The molecule has 0 atom stereocenters. The van der Waals surface area contributed by atoms with Crippen molar-refractivity contribution < 1.29 is 19.0 Å². The molecule has 3 heterocycles. The number of esters is 1. The topological polar surface area (TPSA) is 78.7 Å². The predicted molar refractivity (Wildman–Crippen MR) is 176 cm³/mol. The fourth-order valence-corrected chi connectivity index (χ4v) is 6.81. The number of anilines is 1. The minimum absolute atomic E-state index is 0.0946. The number of fused-ring (bicyclic) bond motifs is 2. The van der Waals surface area contributed by atoms with Gasteiger partial charge in [-0.2, -0.15) is 0 Å². The van der Waals surface area contributed by atoms with Crippen LogP contribution in [0.3, 0.4) is 0 Å². The molecule has 7 rings (SSSR count). The van der Waals surface area contributed by atoms with Gasteiger partial charge in [0.15, 0.2) is 0 Å². The highest BCUT2D eigenvalue weighted by Crippen LogP contribution is 2.42. The van der Waals surface area contributed by atoms with E-state index in [0.717, 1.165) is 91.2 Å². The molecule has 0 radical (unpaired) electrons. The maximum absolute atomic E-state index is 13.3. The van der Waals surface area contributed by atoms with Crippen LogP contribution in [-0.4, -0.2) is 53.4 Å². The summed E-state index contributed by atoms with van der Waals surface area (Å²) in [5, 5.41) is 1.11. The molecule has 1 aliphatic carbocycles. The Bertz CT molecular complexity index is 1790. The number of pyridine rings is 1. The van der Waals surface area contributed by atoms with Crippen LogP contribution < -0.4 is 9.64 Å². The van der Waals surface area contributed by atoms with Gasteiger partial charge in [0, 0.05) is 43.2 Å². The van der Waals surface area contributed by atoms with Gasteiger partial charge in [-0.1, -0.05) is 49.2 Å². The maximum Gasteiger partial charge on any atom is 0.312 e. The van der Waals surface area contributed by atoms with Gasteiger partial charge in [0.05, 0.1) is 47.5 Å². The number of para-hydroxylation sites is 1. The number of imidazole rings is 1. The first-order valence-corrected chi connectivity index (χ1v) is 16.2. The summed E-state index contributed by atoms with van der Waals surface area (Å²) < 4.78 is 19.6. The highest BCUT2D eigenvalue weighted by atomic mass is 16.5. The molecule has 0 spiro atoms. The van der Waals surface area contributed by atoms with Crippen LogP contribution >= 0.6 is 0 Å². The molecule has 0 unspecified atom stereocenters. The smallest absolute Gasteiger partial charge is 0.312 e. The lowest BCUT2D eigenvalue weighted by Crippen LogP contribution is -2.36. The van der Waals surface area contributed by atoms with E-state index < -0.39 is 5.41 Å². The molecule has 0 N–H and O–H groups in total. The first-order chi connectivity index (χ1) is 22.1. The summed E-state index contributed by atoms with van der Waals surface area (Å²) in [4.78, 5) is 25.6. The third-order valence-electron chi connectivity index (χ3n) is 9.26. The maximum atomic E-state index is 13.3.